The van der Waals surface area contributed by atoms with Crippen molar-refractivity contribution in [1.82, 2.24) is 4.98 Å². The number of amides is 1. The number of para-hydroxylation sites is 2. The van der Waals surface area contributed by atoms with Crippen LogP contribution < -0.4 is 4.90 Å². The van der Waals surface area contributed by atoms with Crippen LogP contribution in [-0.4, -0.2) is 30.0 Å². The first-order chi connectivity index (χ1) is 13.5. The fourth-order valence-electron chi connectivity index (χ4n) is 3.20. The molecule has 0 bridgehead atoms. The average Bonchev–Trinajstić information content (AvgIpc) is 2.71. The van der Waals surface area contributed by atoms with Gasteiger partial charge in [0.15, 0.2) is 6.61 Å². The van der Waals surface area contributed by atoms with Crippen LogP contribution in [0.5, 0.6) is 0 Å². The van der Waals surface area contributed by atoms with E-state index in [0.29, 0.717) is 17.8 Å². The summed E-state index contributed by atoms with van der Waals surface area (Å²) in [4.78, 5) is 31.3. The van der Waals surface area contributed by atoms with Crippen molar-refractivity contribution in [3.63, 3.8) is 0 Å². The maximum absolute atomic E-state index is 12.7. The van der Waals surface area contributed by atoms with Gasteiger partial charge in [-0.3, -0.25) is 9.78 Å². The van der Waals surface area contributed by atoms with E-state index in [2.05, 4.69) is 11.6 Å². The summed E-state index contributed by atoms with van der Waals surface area (Å²) in [6, 6.07) is 16.8. The first-order valence-corrected chi connectivity index (χ1v) is 9.02. The van der Waals surface area contributed by atoms with Gasteiger partial charge in [-0.2, -0.15) is 0 Å². The monoisotopic (exact) mass is 374 g/mol. The summed E-state index contributed by atoms with van der Waals surface area (Å²) in [5.41, 5.74) is 3.34. The van der Waals surface area contributed by atoms with Crippen LogP contribution in [0.25, 0.3) is 10.9 Å². The number of pyridine rings is 1. The number of anilines is 1. The Morgan fingerprint density at radius 3 is 2.46 bits per heavy atom. The lowest BCUT2D eigenvalue weighted by atomic mass is 10.0. The molecule has 0 aliphatic carbocycles. The van der Waals surface area contributed by atoms with Gasteiger partial charge >= 0.3 is 5.97 Å². The highest BCUT2D eigenvalue weighted by Gasteiger charge is 2.21. The Bertz CT molecular complexity index is 1030. The summed E-state index contributed by atoms with van der Waals surface area (Å²) in [5.74, 6) is -0.864. The fraction of sp³-hybridized carbons (Fsp3) is 0.174. The third kappa shape index (κ3) is 3.93. The number of benzene rings is 2. The molecule has 3 aromatic rings. The number of carbonyl (C=O) groups is 2. The molecule has 0 N–H and O–H groups in total. The zero-order valence-electron chi connectivity index (χ0n) is 16.0. The zero-order chi connectivity index (χ0) is 20.1. The van der Waals surface area contributed by atoms with Gasteiger partial charge in [0.25, 0.3) is 5.91 Å². The van der Waals surface area contributed by atoms with Gasteiger partial charge in [-0.1, -0.05) is 42.5 Å². The van der Waals surface area contributed by atoms with E-state index in [1.807, 2.05) is 61.5 Å². The van der Waals surface area contributed by atoms with Crippen molar-refractivity contribution < 1.29 is 14.3 Å². The van der Waals surface area contributed by atoms with Crippen molar-refractivity contribution in [2.45, 2.75) is 13.8 Å². The average molecular weight is 374 g/mol. The first-order valence-electron chi connectivity index (χ1n) is 9.02. The highest BCUT2D eigenvalue weighted by Crippen LogP contribution is 2.23. The van der Waals surface area contributed by atoms with Gasteiger partial charge in [0, 0.05) is 17.6 Å². The second kappa shape index (κ2) is 8.48. The molecule has 5 heteroatoms. The van der Waals surface area contributed by atoms with Crippen molar-refractivity contribution in [2.75, 3.05) is 18.1 Å². The molecular formula is C23H22N2O3. The molecule has 0 spiro atoms. The van der Waals surface area contributed by atoms with Crippen LogP contribution in [-0.2, 0) is 9.53 Å². The number of fused-ring (bicyclic) bond motifs is 1. The topological polar surface area (TPSA) is 59.5 Å². The molecule has 0 aliphatic rings. The van der Waals surface area contributed by atoms with E-state index in [9.17, 15) is 9.59 Å². The third-order valence-electron chi connectivity index (χ3n) is 4.54. The lowest BCUT2D eigenvalue weighted by Crippen LogP contribution is -2.35. The Balaban J connectivity index is 1.79. The standard InChI is InChI=1S/C23H22N2O3/c1-4-14-25(18-10-6-5-7-11-18)21(26)15-28-23(27)22-16(2)19-12-8-9-13-20(19)24-17(22)3/h4-13H,1,14-15H2,2-3H3. The Morgan fingerprint density at radius 1 is 1.07 bits per heavy atom. The predicted octanol–water partition coefficient (Wildman–Crippen LogP) is 4.23. The Hall–Kier alpha value is -3.47. The summed E-state index contributed by atoms with van der Waals surface area (Å²) in [6.45, 7) is 7.30. The van der Waals surface area contributed by atoms with Crippen molar-refractivity contribution in [3.05, 3.63) is 84.1 Å². The Labute approximate surface area is 164 Å². The van der Waals surface area contributed by atoms with Crippen LogP contribution in [0.2, 0.25) is 0 Å². The van der Waals surface area contributed by atoms with E-state index in [0.717, 1.165) is 22.2 Å². The summed E-state index contributed by atoms with van der Waals surface area (Å²) >= 11 is 0. The van der Waals surface area contributed by atoms with Gasteiger partial charge < -0.3 is 9.64 Å². The predicted molar refractivity (Wildman–Crippen MR) is 110 cm³/mol. The molecule has 1 amide bonds. The van der Waals surface area contributed by atoms with Gasteiger partial charge in [-0.25, -0.2) is 4.79 Å². The number of hydrogen-bond acceptors (Lipinski definition) is 4. The highest BCUT2D eigenvalue weighted by molar-refractivity contribution is 6.00. The Morgan fingerprint density at radius 2 is 1.75 bits per heavy atom. The lowest BCUT2D eigenvalue weighted by molar-refractivity contribution is -0.121. The van der Waals surface area contributed by atoms with Crippen LogP contribution in [0.4, 0.5) is 5.69 Å². The number of esters is 1. The van der Waals surface area contributed by atoms with E-state index < -0.39 is 5.97 Å². The third-order valence-corrected chi connectivity index (χ3v) is 4.54. The maximum Gasteiger partial charge on any atom is 0.340 e. The SMILES string of the molecule is C=CCN(C(=O)COC(=O)c1c(C)nc2ccccc2c1C)c1ccccc1. The molecule has 28 heavy (non-hydrogen) atoms. The first kappa shape index (κ1) is 19.3. The number of aryl methyl sites for hydroxylation is 2. The molecule has 5 nitrogen and oxygen atoms in total. The number of aromatic nitrogens is 1. The molecule has 142 valence electrons. The molecule has 0 saturated heterocycles. The normalized spacial score (nSPS) is 10.5. The number of nitrogens with zero attached hydrogens (tertiary/aromatic N) is 2. The minimum Gasteiger partial charge on any atom is -0.452 e. The Kier molecular flexibility index (Phi) is 5.84. The molecule has 1 aromatic heterocycles. The maximum atomic E-state index is 12.7. The van der Waals surface area contributed by atoms with E-state index in [1.165, 1.54) is 4.90 Å². The van der Waals surface area contributed by atoms with Gasteiger partial charge in [0.1, 0.15) is 0 Å². The second-order valence-electron chi connectivity index (χ2n) is 6.42. The molecule has 0 radical (unpaired) electrons. The number of ether oxygens (including phenoxy) is 1. The van der Waals surface area contributed by atoms with Crippen LogP contribution in [0.3, 0.4) is 0 Å². The largest absolute Gasteiger partial charge is 0.452 e. The summed E-state index contributed by atoms with van der Waals surface area (Å²) < 4.78 is 5.34. The van der Waals surface area contributed by atoms with Crippen LogP contribution in [0.1, 0.15) is 21.6 Å². The molecule has 2 aromatic carbocycles. The van der Waals surface area contributed by atoms with Crippen LogP contribution >= 0.6 is 0 Å². The van der Waals surface area contributed by atoms with Crippen molar-refractivity contribution >= 4 is 28.5 Å². The fourth-order valence-corrected chi connectivity index (χ4v) is 3.20. The highest BCUT2D eigenvalue weighted by atomic mass is 16.5. The van der Waals surface area contributed by atoms with Gasteiger partial charge in [-0.15, -0.1) is 6.58 Å². The van der Waals surface area contributed by atoms with Crippen molar-refractivity contribution in [3.8, 4) is 0 Å². The molecule has 0 atom stereocenters. The number of carbonyl (C=O) groups excluding carboxylic acids is 2. The summed E-state index contributed by atoms with van der Waals surface area (Å²) in [5, 5.41) is 0.893. The molecule has 1 heterocycles. The lowest BCUT2D eigenvalue weighted by Gasteiger charge is -2.21. The van der Waals surface area contributed by atoms with E-state index in [1.54, 1.807) is 13.0 Å². The summed E-state index contributed by atoms with van der Waals surface area (Å²) in [6.07, 6.45) is 1.63. The molecule has 0 unspecified atom stereocenters. The summed E-state index contributed by atoms with van der Waals surface area (Å²) in [7, 11) is 0. The molecule has 0 aliphatic heterocycles. The molecule has 3 rings (SSSR count). The van der Waals surface area contributed by atoms with E-state index >= 15 is 0 Å². The zero-order valence-corrected chi connectivity index (χ0v) is 16.0. The number of hydrogen-bond donors (Lipinski definition) is 0. The molecule has 0 fully saturated rings. The van der Waals surface area contributed by atoms with Crippen molar-refractivity contribution in [2.24, 2.45) is 0 Å². The van der Waals surface area contributed by atoms with E-state index in [4.69, 9.17) is 4.74 Å². The minimum absolute atomic E-state index is 0.316. The van der Waals surface area contributed by atoms with Gasteiger partial charge in [0.2, 0.25) is 0 Å². The quantitative estimate of drug-likeness (QED) is 0.479. The van der Waals surface area contributed by atoms with Crippen molar-refractivity contribution in [1.29, 1.82) is 0 Å². The second-order valence-corrected chi connectivity index (χ2v) is 6.42. The van der Waals surface area contributed by atoms with Gasteiger partial charge in [-0.05, 0) is 37.6 Å². The van der Waals surface area contributed by atoms with Crippen LogP contribution in [0.15, 0.2) is 67.3 Å². The molecule has 0 saturated carbocycles. The van der Waals surface area contributed by atoms with Gasteiger partial charge in [0.05, 0.1) is 16.8 Å². The van der Waals surface area contributed by atoms with E-state index in [-0.39, 0.29) is 12.5 Å². The van der Waals surface area contributed by atoms with Crippen LogP contribution in [0, 0.1) is 13.8 Å². The smallest absolute Gasteiger partial charge is 0.340 e. The number of rotatable bonds is 6. The molecular weight excluding hydrogens is 352 g/mol. The minimum atomic E-state index is -0.548.